The zero-order chi connectivity index (χ0) is 9.41. The molecule has 1 aliphatic rings. The lowest BCUT2D eigenvalue weighted by molar-refractivity contribution is -0.0119. The minimum atomic E-state index is -0.509. The van der Waals surface area contributed by atoms with Crippen LogP contribution in [0.15, 0.2) is 0 Å². The van der Waals surface area contributed by atoms with E-state index in [4.69, 9.17) is 14.0 Å². The largest absolute Gasteiger partial charge is 0.640 e. The van der Waals surface area contributed by atoms with Gasteiger partial charge >= 0.3 is 7.32 Å². The lowest BCUT2D eigenvalue weighted by atomic mass is 9.86. The first kappa shape index (κ1) is 10.0. The standard InChI is InChI=1S/C8H17BO3/c1-6-8(4)7(2,3)11-9(10-5)12-8/h6H2,1-5H3. The average Bonchev–Trinajstić information content (AvgIpc) is 2.24. The second kappa shape index (κ2) is 3.02. The highest BCUT2D eigenvalue weighted by Gasteiger charge is 2.54. The highest BCUT2D eigenvalue weighted by atomic mass is 16.8. The van der Waals surface area contributed by atoms with Crippen LogP contribution in [0.4, 0.5) is 0 Å². The summed E-state index contributed by atoms with van der Waals surface area (Å²) < 4.78 is 16.2. The summed E-state index contributed by atoms with van der Waals surface area (Å²) in [4.78, 5) is 0. The van der Waals surface area contributed by atoms with Gasteiger partial charge in [-0.1, -0.05) is 6.92 Å². The van der Waals surface area contributed by atoms with Gasteiger partial charge in [0.1, 0.15) is 0 Å². The van der Waals surface area contributed by atoms with Crippen LogP contribution in [-0.2, 0) is 14.0 Å². The van der Waals surface area contributed by atoms with Gasteiger partial charge in [0.15, 0.2) is 0 Å². The lowest BCUT2D eigenvalue weighted by Crippen LogP contribution is -2.44. The first-order valence-electron chi connectivity index (χ1n) is 4.33. The molecule has 70 valence electrons. The van der Waals surface area contributed by atoms with E-state index in [1.165, 1.54) is 0 Å². The Morgan fingerprint density at radius 3 is 2.08 bits per heavy atom. The quantitative estimate of drug-likeness (QED) is 0.592. The zero-order valence-corrected chi connectivity index (χ0v) is 8.51. The summed E-state index contributed by atoms with van der Waals surface area (Å²) >= 11 is 0. The monoisotopic (exact) mass is 172 g/mol. The second-order valence-electron chi connectivity index (χ2n) is 3.85. The van der Waals surface area contributed by atoms with E-state index in [1.807, 2.05) is 20.8 Å². The third-order valence-corrected chi connectivity index (χ3v) is 2.89. The normalized spacial score (nSPS) is 34.2. The molecule has 12 heavy (non-hydrogen) atoms. The van der Waals surface area contributed by atoms with Crippen molar-refractivity contribution in [3.8, 4) is 0 Å². The van der Waals surface area contributed by atoms with Crippen LogP contribution >= 0.6 is 0 Å². The molecule has 0 aromatic heterocycles. The third kappa shape index (κ3) is 1.39. The highest BCUT2D eigenvalue weighted by molar-refractivity contribution is 6.37. The van der Waals surface area contributed by atoms with Crippen LogP contribution < -0.4 is 0 Å². The van der Waals surface area contributed by atoms with Crippen LogP contribution in [0.1, 0.15) is 34.1 Å². The highest BCUT2D eigenvalue weighted by Crippen LogP contribution is 2.39. The topological polar surface area (TPSA) is 27.7 Å². The zero-order valence-electron chi connectivity index (χ0n) is 8.51. The summed E-state index contributed by atoms with van der Waals surface area (Å²) in [5.41, 5.74) is -0.518. The van der Waals surface area contributed by atoms with Crippen LogP contribution in [0, 0.1) is 0 Å². The molecule has 1 saturated heterocycles. The molecule has 0 amide bonds. The van der Waals surface area contributed by atoms with E-state index >= 15 is 0 Å². The first-order valence-corrected chi connectivity index (χ1v) is 4.33. The molecular formula is C8H17BO3. The molecule has 0 aliphatic carbocycles. The summed E-state index contributed by atoms with van der Waals surface area (Å²) in [6.07, 6.45) is 0.917. The molecule has 1 atom stereocenters. The summed E-state index contributed by atoms with van der Waals surface area (Å²) in [6.45, 7) is 8.18. The molecule has 0 bridgehead atoms. The van der Waals surface area contributed by atoms with Gasteiger partial charge in [-0.2, -0.15) is 0 Å². The lowest BCUT2D eigenvalue weighted by Gasteiger charge is -2.34. The van der Waals surface area contributed by atoms with E-state index in [9.17, 15) is 0 Å². The summed E-state index contributed by atoms with van der Waals surface area (Å²) in [7, 11) is 1.08. The molecule has 0 N–H and O–H groups in total. The number of rotatable bonds is 2. The van der Waals surface area contributed by atoms with Crippen molar-refractivity contribution < 1.29 is 14.0 Å². The minimum Gasteiger partial charge on any atom is -0.389 e. The molecule has 1 heterocycles. The average molecular weight is 172 g/mol. The minimum absolute atomic E-state index is 0.242. The SMILES string of the molecule is CCC1(C)OB(OC)OC1(C)C. The Morgan fingerprint density at radius 1 is 1.25 bits per heavy atom. The van der Waals surface area contributed by atoms with Gasteiger partial charge in [-0.25, -0.2) is 0 Å². The molecule has 1 rings (SSSR count). The third-order valence-electron chi connectivity index (χ3n) is 2.89. The Bertz CT molecular complexity index is 172. The number of hydrogen-bond donors (Lipinski definition) is 0. The molecule has 1 unspecified atom stereocenters. The van der Waals surface area contributed by atoms with Crippen molar-refractivity contribution in [1.29, 1.82) is 0 Å². The molecule has 0 spiro atoms. The fourth-order valence-electron chi connectivity index (χ4n) is 1.35. The van der Waals surface area contributed by atoms with Crippen LogP contribution in [0.5, 0.6) is 0 Å². The van der Waals surface area contributed by atoms with Gasteiger partial charge in [-0.3, -0.25) is 0 Å². The Kier molecular flexibility index (Phi) is 2.52. The van der Waals surface area contributed by atoms with Crippen molar-refractivity contribution in [3.05, 3.63) is 0 Å². The van der Waals surface area contributed by atoms with E-state index in [0.29, 0.717) is 0 Å². The van der Waals surface area contributed by atoms with E-state index in [1.54, 1.807) is 7.11 Å². The van der Waals surface area contributed by atoms with Crippen LogP contribution in [0.3, 0.4) is 0 Å². The second-order valence-corrected chi connectivity index (χ2v) is 3.85. The molecule has 3 nitrogen and oxygen atoms in total. The molecule has 1 fully saturated rings. The molecule has 0 saturated carbocycles. The van der Waals surface area contributed by atoms with E-state index in [2.05, 4.69) is 6.92 Å². The fraction of sp³-hybridized carbons (Fsp3) is 1.00. The van der Waals surface area contributed by atoms with Crippen LogP contribution in [0.2, 0.25) is 0 Å². The Balaban J connectivity index is 2.76. The first-order chi connectivity index (χ1) is 5.45. The van der Waals surface area contributed by atoms with Crippen molar-refractivity contribution in [2.24, 2.45) is 0 Å². The van der Waals surface area contributed by atoms with Crippen molar-refractivity contribution in [1.82, 2.24) is 0 Å². The molecule has 4 heteroatoms. The van der Waals surface area contributed by atoms with Gasteiger partial charge < -0.3 is 14.0 Å². The number of hydrogen-bond acceptors (Lipinski definition) is 3. The maximum absolute atomic E-state index is 5.62. The summed E-state index contributed by atoms with van der Waals surface area (Å²) in [5.74, 6) is 0. The Morgan fingerprint density at radius 2 is 1.83 bits per heavy atom. The maximum Gasteiger partial charge on any atom is 0.640 e. The van der Waals surface area contributed by atoms with Gasteiger partial charge in [0.2, 0.25) is 0 Å². The van der Waals surface area contributed by atoms with Crippen LogP contribution in [0.25, 0.3) is 0 Å². The van der Waals surface area contributed by atoms with Crippen LogP contribution in [-0.4, -0.2) is 25.6 Å². The molecule has 1 aliphatic heterocycles. The van der Waals surface area contributed by atoms with Crippen molar-refractivity contribution >= 4 is 7.32 Å². The molecule has 0 radical (unpaired) electrons. The molecule has 0 aromatic carbocycles. The van der Waals surface area contributed by atoms with Gasteiger partial charge in [0, 0.05) is 7.11 Å². The van der Waals surface area contributed by atoms with Crippen molar-refractivity contribution in [3.63, 3.8) is 0 Å². The van der Waals surface area contributed by atoms with Gasteiger partial charge in [-0.15, -0.1) is 0 Å². The Hall–Kier alpha value is -0.0551. The Labute approximate surface area is 74.6 Å². The maximum atomic E-state index is 5.62. The molecular weight excluding hydrogens is 155 g/mol. The summed E-state index contributed by atoms with van der Waals surface area (Å²) in [5, 5.41) is 0. The molecule has 0 aromatic rings. The fourth-order valence-corrected chi connectivity index (χ4v) is 1.35. The van der Waals surface area contributed by atoms with Crippen molar-refractivity contribution in [2.45, 2.75) is 45.3 Å². The predicted octanol–water partition coefficient (Wildman–Crippen LogP) is 1.61. The van der Waals surface area contributed by atoms with E-state index in [0.717, 1.165) is 6.42 Å². The smallest absolute Gasteiger partial charge is 0.389 e. The van der Waals surface area contributed by atoms with E-state index in [-0.39, 0.29) is 11.2 Å². The van der Waals surface area contributed by atoms with E-state index < -0.39 is 7.32 Å². The van der Waals surface area contributed by atoms with Gasteiger partial charge in [0.05, 0.1) is 11.2 Å². The van der Waals surface area contributed by atoms with Gasteiger partial charge in [0.25, 0.3) is 0 Å². The van der Waals surface area contributed by atoms with Crippen molar-refractivity contribution in [2.75, 3.05) is 7.11 Å². The summed E-state index contributed by atoms with van der Waals surface area (Å²) in [6, 6.07) is 0. The van der Waals surface area contributed by atoms with Gasteiger partial charge in [-0.05, 0) is 27.2 Å². The predicted molar refractivity (Wildman–Crippen MR) is 47.7 cm³/mol.